The number of imide groups is 2. The highest BCUT2D eigenvalue weighted by Crippen LogP contribution is 2.45. The zero-order valence-corrected chi connectivity index (χ0v) is 11.3. The summed E-state index contributed by atoms with van der Waals surface area (Å²) < 4.78 is 0. The van der Waals surface area contributed by atoms with Crippen LogP contribution in [0.5, 0.6) is 0 Å². The molecule has 1 N–H and O–H groups in total. The second kappa shape index (κ2) is 4.32. The molecule has 0 radical (unpaired) electrons. The van der Waals surface area contributed by atoms with Crippen LogP contribution in [0.2, 0.25) is 0 Å². The van der Waals surface area contributed by atoms with Crippen molar-refractivity contribution in [2.75, 3.05) is 0 Å². The zero-order valence-electron chi connectivity index (χ0n) is 11.3. The molecular weight excluding hydrogens is 244 g/mol. The van der Waals surface area contributed by atoms with Gasteiger partial charge < -0.3 is 0 Å². The Hall–Kier alpha value is -1.39. The highest BCUT2D eigenvalue weighted by molar-refractivity contribution is 6.19. The van der Waals surface area contributed by atoms with Crippen LogP contribution in [0.4, 0.5) is 4.79 Å². The van der Waals surface area contributed by atoms with Gasteiger partial charge in [0.05, 0.1) is 0 Å². The van der Waals surface area contributed by atoms with Crippen LogP contribution in [0.3, 0.4) is 0 Å². The molecule has 2 atom stereocenters. The lowest BCUT2D eigenvalue weighted by molar-refractivity contribution is -0.154. The molecule has 5 nitrogen and oxygen atoms in total. The molecule has 2 saturated carbocycles. The lowest BCUT2D eigenvalue weighted by atomic mass is 9.71. The summed E-state index contributed by atoms with van der Waals surface area (Å²) in [4.78, 5) is 38.2. The van der Waals surface area contributed by atoms with Crippen molar-refractivity contribution in [2.45, 2.75) is 57.9 Å². The summed E-state index contributed by atoms with van der Waals surface area (Å²) in [6.45, 7) is 2.07. The first-order valence-electron chi connectivity index (χ1n) is 7.29. The van der Waals surface area contributed by atoms with Gasteiger partial charge in [0.1, 0.15) is 5.41 Å². The van der Waals surface area contributed by atoms with Gasteiger partial charge in [0.15, 0.2) is 0 Å². The fraction of sp³-hybridized carbons (Fsp3) is 0.786. The van der Waals surface area contributed by atoms with Crippen molar-refractivity contribution in [1.82, 2.24) is 10.2 Å². The molecule has 3 fully saturated rings. The number of carbonyl (C=O) groups excluding carboxylic acids is 3. The Morgan fingerprint density at radius 3 is 2.47 bits per heavy atom. The normalized spacial score (nSPS) is 33.5. The first-order chi connectivity index (χ1) is 9.10. The minimum Gasteiger partial charge on any atom is -0.277 e. The molecule has 3 rings (SSSR count). The molecule has 1 heterocycles. The van der Waals surface area contributed by atoms with E-state index < -0.39 is 11.4 Å². The number of nitrogens with one attached hydrogen (secondary N) is 1. The first kappa shape index (κ1) is 12.6. The molecule has 0 aromatic carbocycles. The second-order valence-corrected chi connectivity index (χ2v) is 6.05. The molecule has 5 heteroatoms. The molecule has 1 saturated heterocycles. The van der Waals surface area contributed by atoms with E-state index in [2.05, 4.69) is 12.2 Å². The predicted octanol–water partition coefficient (Wildman–Crippen LogP) is 1.81. The molecule has 0 aromatic rings. The molecule has 0 aromatic heterocycles. The van der Waals surface area contributed by atoms with Crippen molar-refractivity contribution in [3.8, 4) is 0 Å². The van der Waals surface area contributed by atoms with Gasteiger partial charge in [0.2, 0.25) is 11.8 Å². The van der Waals surface area contributed by atoms with Gasteiger partial charge in [-0.3, -0.25) is 19.8 Å². The summed E-state index contributed by atoms with van der Waals surface area (Å²) in [7, 11) is 0. The van der Waals surface area contributed by atoms with Gasteiger partial charge >= 0.3 is 6.03 Å². The number of rotatable bonds is 2. The Bertz CT molecular complexity index is 440. The zero-order chi connectivity index (χ0) is 13.6. The molecule has 2 unspecified atom stereocenters. The lowest BCUT2D eigenvalue weighted by Crippen LogP contribution is -2.65. The van der Waals surface area contributed by atoms with Crippen LogP contribution in [0.1, 0.15) is 51.9 Å². The van der Waals surface area contributed by atoms with Crippen LogP contribution in [0.15, 0.2) is 0 Å². The standard InChI is InChI=1S/C14H20N2O3/c1-2-9-8-10(9)16-12(18)14(6-4-3-5-7-14)11(17)15-13(16)19/h9-10H,2-8H2,1H3,(H,15,17,19). The summed E-state index contributed by atoms with van der Waals surface area (Å²) in [6.07, 6.45) is 5.89. The van der Waals surface area contributed by atoms with Gasteiger partial charge in [0, 0.05) is 6.04 Å². The van der Waals surface area contributed by atoms with E-state index in [9.17, 15) is 14.4 Å². The topological polar surface area (TPSA) is 66.5 Å². The maximum atomic E-state index is 12.7. The minimum atomic E-state index is -0.951. The lowest BCUT2D eigenvalue weighted by Gasteiger charge is -2.41. The monoisotopic (exact) mass is 264 g/mol. The molecular formula is C14H20N2O3. The number of hydrogen-bond donors (Lipinski definition) is 1. The van der Waals surface area contributed by atoms with Crippen molar-refractivity contribution in [3.63, 3.8) is 0 Å². The van der Waals surface area contributed by atoms with Crippen LogP contribution in [-0.2, 0) is 9.59 Å². The Labute approximate surface area is 112 Å². The van der Waals surface area contributed by atoms with E-state index >= 15 is 0 Å². The van der Waals surface area contributed by atoms with Crippen LogP contribution in [-0.4, -0.2) is 28.8 Å². The SMILES string of the molecule is CCC1CC1N1C(=O)NC(=O)C2(CCCCC2)C1=O. The molecule has 0 bridgehead atoms. The van der Waals surface area contributed by atoms with Crippen LogP contribution < -0.4 is 5.32 Å². The highest BCUT2D eigenvalue weighted by atomic mass is 16.2. The molecule has 104 valence electrons. The van der Waals surface area contributed by atoms with E-state index in [1.54, 1.807) is 0 Å². The van der Waals surface area contributed by atoms with Crippen molar-refractivity contribution >= 4 is 17.8 Å². The van der Waals surface area contributed by atoms with Crippen LogP contribution >= 0.6 is 0 Å². The fourth-order valence-electron chi connectivity index (χ4n) is 3.58. The summed E-state index contributed by atoms with van der Waals surface area (Å²) in [5.74, 6) is -0.183. The number of hydrogen-bond acceptors (Lipinski definition) is 3. The van der Waals surface area contributed by atoms with Gasteiger partial charge in [-0.1, -0.05) is 32.6 Å². The van der Waals surface area contributed by atoms with Gasteiger partial charge in [-0.15, -0.1) is 0 Å². The van der Waals surface area contributed by atoms with Crippen molar-refractivity contribution in [1.29, 1.82) is 0 Å². The predicted molar refractivity (Wildman–Crippen MR) is 68.1 cm³/mol. The minimum absolute atomic E-state index is 0.0180. The Balaban J connectivity index is 1.88. The molecule has 2 aliphatic carbocycles. The molecule has 1 aliphatic heterocycles. The fourth-order valence-corrected chi connectivity index (χ4v) is 3.58. The van der Waals surface area contributed by atoms with E-state index in [0.717, 1.165) is 32.1 Å². The average molecular weight is 264 g/mol. The molecule has 1 spiro atoms. The smallest absolute Gasteiger partial charge is 0.277 e. The third-order valence-electron chi connectivity index (χ3n) is 4.95. The molecule has 19 heavy (non-hydrogen) atoms. The summed E-state index contributed by atoms with van der Waals surface area (Å²) in [5.41, 5.74) is -0.951. The Kier molecular flexibility index (Phi) is 2.87. The third kappa shape index (κ3) is 1.78. The highest BCUT2D eigenvalue weighted by Gasteiger charge is 2.58. The summed E-state index contributed by atoms with van der Waals surface area (Å²) in [5, 5.41) is 2.41. The van der Waals surface area contributed by atoms with E-state index in [-0.39, 0.29) is 17.9 Å². The van der Waals surface area contributed by atoms with Gasteiger partial charge in [0.25, 0.3) is 0 Å². The number of urea groups is 1. The number of carbonyl (C=O) groups is 3. The summed E-state index contributed by atoms with van der Waals surface area (Å²) in [6, 6.07) is -0.489. The van der Waals surface area contributed by atoms with Crippen molar-refractivity contribution in [3.05, 3.63) is 0 Å². The second-order valence-electron chi connectivity index (χ2n) is 6.05. The average Bonchev–Trinajstić information content (AvgIpc) is 3.17. The number of nitrogens with zero attached hydrogens (tertiary/aromatic N) is 1. The van der Waals surface area contributed by atoms with Gasteiger partial charge in [-0.2, -0.15) is 0 Å². The van der Waals surface area contributed by atoms with E-state index in [1.165, 1.54) is 4.90 Å². The van der Waals surface area contributed by atoms with Crippen molar-refractivity contribution in [2.24, 2.45) is 11.3 Å². The first-order valence-corrected chi connectivity index (χ1v) is 7.29. The maximum Gasteiger partial charge on any atom is 0.331 e. The quantitative estimate of drug-likeness (QED) is 0.773. The van der Waals surface area contributed by atoms with Crippen LogP contribution in [0, 0.1) is 11.3 Å². The Morgan fingerprint density at radius 2 is 1.89 bits per heavy atom. The van der Waals surface area contributed by atoms with E-state index in [4.69, 9.17) is 0 Å². The summed E-state index contributed by atoms with van der Waals surface area (Å²) >= 11 is 0. The van der Waals surface area contributed by atoms with E-state index in [0.29, 0.717) is 18.8 Å². The van der Waals surface area contributed by atoms with Gasteiger partial charge in [-0.05, 0) is 25.2 Å². The van der Waals surface area contributed by atoms with Crippen LogP contribution in [0.25, 0.3) is 0 Å². The van der Waals surface area contributed by atoms with E-state index in [1.807, 2.05) is 0 Å². The molecule has 4 amide bonds. The molecule has 3 aliphatic rings. The van der Waals surface area contributed by atoms with Gasteiger partial charge in [-0.25, -0.2) is 4.79 Å². The maximum absolute atomic E-state index is 12.7. The largest absolute Gasteiger partial charge is 0.331 e. The Morgan fingerprint density at radius 1 is 1.21 bits per heavy atom. The van der Waals surface area contributed by atoms with Crippen molar-refractivity contribution < 1.29 is 14.4 Å². The number of amides is 4. The number of barbiturate groups is 1. The third-order valence-corrected chi connectivity index (χ3v) is 4.95.